The molecule has 0 radical (unpaired) electrons. The molecule has 1 aromatic carbocycles. The van der Waals surface area contributed by atoms with E-state index in [1.807, 2.05) is 4.90 Å². The van der Waals surface area contributed by atoms with Gasteiger partial charge in [0.25, 0.3) is 5.56 Å². The van der Waals surface area contributed by atoms with Crippen LogP contribution in [0.25, 0.3) is 0 Å². The fourth-order valence-corrected chi connectivity index (χ4v) is 5.76. The van der Waals surface area contributed by atoms with Crippen LogP contribution >= 0.6 is 0 Å². The minimum atomic E-state index is -3.51. The van der Waals surface area contributed by atoms with Gasteiger partial charge in [-0.25, -0.2) is 13.4 Å². The Hall–Kier alpha value is -2.76. The van der Waals surface area contributed by atoms with Crippen LogP contribution in [0.4, 0.5) is 11.6 Å². The van der Waals surface area contributed by atoms with Crippen molar-refractivity contribution in [3.8, 4) is 0 Å². The van der Waals surface area contributed by atoms with Gasteiger partial charge < -0.3 is 15.0 Å². The van der Waals surface area contributed by atoms with Crippen LogP contribution in [-0.2, 0) is 26.0 Å². The number of carbonyl (C=O) groups excluding carboxylic acids is 1. The molecule has 2 aliphatic rings. The molecule has 11 heteroatoms. The largest absolute Gasteiger partial charge is 0.378 e. The molecule has 10 nitrogen and oxygen atoms in total. The number of rotatable bonds is 7. The quantitative estimate of drug-likeness (QED) is 0.606. The van der Waals surface area contributed by atoms with Crippen molar-refractivity contribution >= 4 is 27.6 Å². The number of carbonyl (C=O) groups is 1. The molecular weight excluding hydrogens is 458 g/mol. The molecule has 2 N–H and O–H groups in total. The van der Waals surface area contributed by atoms with Crippen LogP contribution in [0, 0.1) is 6.92 Å². The molecule has 1 amide bonds. The first-order chi connectivity index (χ1) is 16.3. The Morgan fingerprint density at radius 1 is 1.09 bits per heavy atom. The molecule has 0 saturated carbocycles. The van der Waals surface area contributed by atoms with E-state index in [1.165, 1.54) is 16.4 Å². The van der Waals surface area contributed by atoms with Crippen molar-refractivity contribution in [2.24, 2.45) is 0 Å². The van der Waals surface area contributed by atoms with E-state index in [0.29, 0.717) is 62.3 Å². The maximum atomic E-state index is 12.8. The Balaban J connectivity index is 1.34. The Kier molecular flexibility index (Phi) is 7.64. The van der Waals surface area contributed by atoms with Crippen LogP contribution in [-0.4, -0.2) is 68.0 Å². The van der Waals surface area contributed by atoms with E-state index < -0.39 is 10.0 Å². The van der Waals surface area contributed by atoms with Gasteiger partial charge in [-0.1, -0.05) is 6.42 Å². The standard InChI is InChI=1S/C23H31N5O5S/c1-17-20(22(30)26-23(24-17)27-13-15-33-16-14-27)9-10-21(29)25-18-5-7-19(8-6-18)34(31,32)28-11-3-2-4-12-28/h5-8H,2-4,9-16H2,1H3,(H,25,29)(H,24,26,30). The predicted octanol–water partition coefficient (Wildman–Crippen LogP) is 1.66. The van der Waals surface area contributed by atoms with E-state index in [2.05, 4.69) is 15.3 Å². The molecule has 2 aromatic rings. The zero-order chi connectivity index (χ0) is 24.1. The van der Waals surface area contributed by atoms with Gasteiger partial charge in [0.15, 0.2) is 0 Å². The number of hydrogen-bond acceptors (Lipinski definition) is 7. The zero-order valence-electron chi connectivity index (χ0n) is 19.4. The highest BCUT2D eigenvalue weighted by Gasteiger charge is 2.25. The number of nitrogens with one attached hydrogen (secondary N) is 2. The lowest BCUT2D eigenvalue weighted by molar-refractivity contribution is -0.116. The van der Waals surface area contributed by atoms with Gasteiger partial charge in [0.1, 0.15) is 0 Å². The van der Waals surface area contributed by atoms with Crippen molar-refractivity contribution in [2.45, 2.75) is 43.9 Å². The van der Waals surface area contributed by atoms with Crippen LogP contribution < -0.4 is 15.8 Å². The summed E-state index contributed by atoms with van der Waals surface area (Å²) in [6.45, 7) is 5.38. The van der Waals surface area contributed by atoms with Gasteiger partial charge in [0.05, 0.1) is 18.1 Å². The first-order valence-electron chi connectivity index (χ1n) is 11.7. The van der Waals surface area contributed by atoms with Gasteiger partial charge in [-0.3, -0.25) is 14.6 Å². The number of H-pyrrole nitrogens is 1. The molecule has 3 heterocycles. The van der Waals surface area contributed by atoms with Gasteiger partial charge in [-0.15, -0.1) is 0 Å². The highest BCUT2D eigenvalue weighted by Crippen LogP contribution is 2.22. The molecule has 2 aliphatic heterocycles. The third-order valence-corrected chi connectivity index (χ3v) is 8.13. The number of anilines is 2. The third kappa shape index (κ3) is 5.65. The maximum absolute atomic E-state index is 12.8. The van der Waals surface area contributed by atoms with Crippen molar-refractivity contribution in [3.05, 3.63) is 45.9 Å². The summed E-state index contributed by atoms with van der Waals surface area (Å²) < 4.78 is 32.4. The van der Waals surface area contributed by atoms with E-state index in [0.717, 1.165) is 19.3 Å². The highest BCUT2D eigenvalue weighted by atomic mass is 32.2. The minimum absolute atomic E-state index is 0.107. The molecule has 34 heavy (non-hydrogen) atoms. The molecule has 0 spiro atoms. The second-order valence-corrected chi connectivity index (χ2v) is 10.5. The van der Waals surface area contributed by atoms with Crippen LogP contribution in [0.2, 0.25) is 0 Å². The lowest BCUT2D eigenvalue weighted by atomic mass is 10.1. The molecule has 0 aliphatic carbocycles. The number of amides is 1. The number of aryl methyl sites for hydroxylation is 1. The first-order valence-corrected chi connectivity index (χ1v) is 13.1. The zero-order valence-corrected chi connectivity index (χ0v) is 20.2. The summed E-state index contributed by atoms with van der Waals surface area (Å²) in [7, 11) is -3.51. The third-order valence-electron chi connectivity index (χ3n) is 6.21. The fraction of sp³-hybridized carbons (Fsp3) is 0.522. The van der Waals surface area contributed by atoms with Crippen molar-refractivity contribution in [2.75, 3.05) is 49.6 Å². The normalized spacial score (nSPS) is 17.5. The number of nitrogens with zero attached hydrogens (tertiary/aromatic N) is 3. The van der Waals surface area contributed by atoms with Crippen LogP contribution in [0.3, 0.4) is 0 Å². The van der Waals surface area contributed by atoms with Crippen molar-refractivity contribution in [3.63, 3.8) is 0 Å². The van der Waals surface area contributed by atoms with Crippen molar-refractivity contribution in [1.82, 2.24) is 14.3 Å². The molecule has 0 unspecified atom stereocenters. The van der Waals surface area contributed by atoms with Crippen molar-refractivity contribution in [1.29, 1.82) is 0 Å². The topological polar surface area (TPSA) is 125 Å². The summed E-state index contributed by atoms with van der Waals surface area (Å²) in [6, 6.07) is 6.21. The van der Waals surface area contributed by atoms with E-state index in [-0.39, 0.29) is 29.2 Å². The number of hydrogen-bond donors (Lipinski definition) is 2. The monoisotopic (exact) mass is 489 g/mol. The van der Waals surface area contributed by atoms with E-state index in [1.54, 1.807) is 19.1 Å². The molecule has 0 bridgehead atoms. The Bertz CT molecular complexity index is 1170. The summed E-state index contributed by atoms with van der Waals surface area (Å²) >= 11 is 0. The number of morpholine rings is 1. The second-order valence-electron chi connectivity index (χ2n) is 8.59. The molecule has 1 aromatic heterocycles. The summed E-state index contributed by atoms with van der Waals surface area (Å²) in [5.74, 6) is 0.265. The number of piperidine rings is 1. The Morgan fingerprint density at radius 2 is 1.76 bits per heavy atom. The number of benzene rings is 1. The Morgan fingerprint density at radius 3 is 2.41 bits per heavy atom. The molecule has 2 fully saturated rings. The number of sulfonamides is 1. The SMILES string of the molecule is Cc1nc(N2CCOCC2)[nH]c(=O)c1CCC(=O)Nc1ccc(S(=O)(=O)N2CCCCC2)cc1. The predicted molar refractivity (Wildman–Crippen MR) is 129 cm³/mol. The van der Waals surface area contributed by atoms with Gasteiger partial charge in [0, 0.05) is 49.5 Å². The smallest absolute Gasteiger partial charge is 0.255 e. The van der Waals surface area contributed by atoms with Crippen LogP contribution in [0.1, 0.15) is 36.9 Å². The Labute approximate surface area is 199 Å². The highest BCUT2D eigenvalue weighted by molar-refractivity contribution is 7.89. The second kappa shape index (κ2) is 10.7. The summed E-state index contributed by atoms with van der Waals surface area (Å²) in [4.78, 5) is 34.6. The minimum Gasteiger partial charge on any atom is -0.378 e. The van der Waals surface area contributed by atoms with Gasteiger partial charge in [-0.05, 0) is 50.5 Å². The summed E-state index contributed by atoms with van der Waals surface area (Å²) in [5, 5.41) is 2.77. The average molecular weight is 490 g/mol. The summed E-state index contributed by atoms with van der Waals surface area (Å²) in [6.07, 6.45) is 3.17. The molecule has 2 saturated heterocycles. The van der Waals surface area contributed by atoms with E-state index in [4.69, 9.17) is 4.74 Å². The molecular formula is C23H31N5O5S. The van der Waals surface area contributed by atoms with Crippen LogP contribution in [0.15, 0.2) is 34.0 Å². The molecule has 4 rings (SSSR count). The van der Waals surface area contributed by atoms with Crippen LogP contribution in [0.5, 0.6) is 0 Å². The fourth-order valence-electron chi connectivity index (χ4n) is 4.24. The number of aromatic nitrogens is 2. The van der Waals surface area contributed by atoms with Gasteiger partial charge in [0.2, 0.25) is 21.9 Å². The lowest BCUT2D eigenvalue weighted by Gasteiger charge is -2.27. The van der Waals surface area contributed by atoms with E-state index in [9.17, 15) is 18.0 Å². The number of aromatic amines is 1. The van der Waals surface area contributed by atoms with Gasteiger partial charge >= 0.3 is 0 Å². The van der Waals surface area contributed by atoms with Crippen molar-refractivity contribution < 1.29 is 17.9 Å². The summed E-state index contributed by atoms with van der Waals surface area (Å²) in [5.41, 5.74) is 1.35. The first kappa shape index (κ1) is 24.4. The molecule has 0 atom stereocenters. The lowest BCUT2D eigenvalue weighted by Crippen LogP contribution is -2.38. The average Bonchev–Trinajstić information content (AvgIpc) is 2.85. The van der Waals surface area contributed by atoms with E-state index >= 15 is 0 Å². The maximum Gasteiger partial charge on any atom is 0.255 e. The van der Waals surface area contributed by atoms with Gasteiger partial charge in [-0.2, -0.15) is 4.31 Å². The number of ether oxygens (including phenoxy) is 1. The molecule has 184 valence electrons.